The van der Waals surface area contributed by atoms with Crippen LogP contribution in [0.1, 0.15) is 33.1 Å². The molecule has 0 bridgehead atoms. The van der Waals surface area contributed by atoms with Gasteiger partial charge in [0.05, 0.1) is 5.60 Å². The molecule has 1 fully saturated rings. The van der Waals surface area contributed by atoms with Gasteiger partial charge in [0.15, 0.2) is 0 Å². The van der Waals surface area contributed by atoms with E-state index in [0.29, 0.717) is 0 Å². The van der Waals surface area contributed by atoms with Crippen molar-refractivity contribution in [2.45, 2.75) is 44.0 Å². The maximum atomic E-state index is 9.77. The molecule has 0 aromatic heterocycles. The van der Waals surface area contributed by atoms with Crippen molar-refractivity contribution in [2.24, 2.45) is 0 Å². The van der Waals surface area contributed by atoms with Crippen molar-refractivity contribution in [1.82, 2.24) is 4.90 Å². The topological polar surface area (TPSA) is 23.5 Å². The highest BCUT2D eigenvalue weighted by Crippen LogP contribution is 2.21. The number of aliphatic hydroxyl groups is 1. The van der Waals surface area contributed by atoms with Crippen LogP contribution in [0.3, 0.4) is 0 Å². The maximum Gasteiger partial charge on any atom is 0.0718 e. The normalized spacial score (nSPS) is 26.1. The van der Waals surface area contributed by atoms with Gasteiger partial charge in [0.1, 0.15) is 0 Å². The fourth-order valence-electron chi connectivity index (χ4n) is 2.06. The lowest BCUT2D eigenvalue weighted by molar-refractivity contribution is 0.0378. The van der Waals surface area contributed by atoms with Gasteiger partial charge in [-0.1, -0.05) is 6.42 Å². The summed E-state index contributed by atoms with van der Waals surface area (Å²) in [6, 6.07) is 0. The zero-order chi connectivity index (χ0) is 10.6. The molecule has 1 heterocycles. The van der Waals surface area contributed by atoms with E-state index in [1.807, 2.05) is 25.6 Å². The summed E-state index contributed by atoms with van der Waals surface area (Å²) in [5, 5.41) is 10.5. The predicted molar refractivity (Wildman–Crippen MR) is 63.9 cm³/mol. The van der Waals surface area contributed by atoms with E-state index in [1.165, 1.54) is 19.3 Å². The summed E-state index contributed by atoms with van der Waals surface area (Å²) in [5.41, 5.74) is -0.548. The summed E-state index contributed by atoms with van der Waals surface area (Å²) in [6.45, 7) is 6.90. The van der Waals surface area contributed by atoms with Gasteiger partial charge in [0.25, 0.3) is 0 Å². The van der Waals surface area contributed by atoms with Gasteiger partial charge in [0.2, 0.25) is 0 Å². The molecule has 14 heavy (non-hydrogen) atoms. The van der Waals surface area contributed by atoms with Gasteiger partial charge in [-0.3, -0.25) is 4.90 Å². The lowest BCUT2D eigenvalue weighted by atomic mass is 10.1. The van der Waals surface area contributed by atoms with Gasteiger partial charge in [-0.05, 0) is 39.5 Å². The second-order valence-corrected chi connectivity index (χ2v) is 6.04. The Morgan fingerprint density at radius 1 is 1.43 bits per heavy atom. The van der Waals surface area contributed by atoms with E-state index in [-0.39, 0.29) is 0 Å². The standard InChI is InChI=1S/C11H23NOS/c1-11(2,13)9-12-7-5-4-6-10(8-12)14-3/h10,13H,4-9H2,1-3H3. The monoisotopic (exact) mass is 217 g/mol. The highest BCUT2D eigenvalue weighted by Gasteiger charge is 2.22. The summed E-state index contributed by atoms with van der Waals surface area (Å²) < 4.78 is 0. The molecule has 0 radical (unpaired) electrons. The lowest BCUT2D eigenvalue weighted by Gasteiger charge is -2.29. The molecule has 2 nitrogen and oxygen atoms in total. The zero-order valence-corrected chi connectivity index (χ0v) is 10.4. The van der Waals surface area contributed by atoms with E-state index in [1.54, 1.807) is 0 Å². The Balaban J connectivity index is 2.43. The molecule has 0 saturated carbocycles. The number of hydrogen-bond acceptors (Lipinski definition) is 3. The van der Waals surface area contributed by atoms with Crippen molar-refractivity contribution < 1.29 is 5.11 Å². The molecule has 0 aromatic rings. The van der Waals surface area contributed by atoms with E-state index in [2.05, 4.69) is 11.2 Å². The molecule has 1 atom stereocenters. The molecule has 0 aromatic carbocycles. The second kappa shape index (κ2) is 5.38. The quantitative estimate of drug-likeness (QED) is 0.782. The number of likely N-dealkylation sites (tertiary alicyclic amines) is 1. The Morgan fingerprint density at radius 3 is 2.71 bits per heavy atom. The van der Waals surface area contributed by atoms with E-state index in [9.17, 15) is 5.11 Å². The number of rotatable bonds is 3. The summed E-state index contributed by atoms with van der Waals surface area (Å²) in [7, 11) is 0. The van der Waals surface area contributed by atoms with Crippen molar-refractivity contribution in [3.8, 4) is 0 Å². The molecule has 1 unspecified atom stereocenters. The van der Waals surface area contributed by atoms with Crippen LogP contribution in [-0.4, -0.2) is 46.7 Å². The number of β-amino-alcohol motifs (C(OH)–C–C–N with tert-alkyl or cyclic N) is 1. The number of hydrogen-bond donors (Lipinski definition) is 1. The van der Waals surface area contributed by atoms with Gasteiger partial charge in [0, 0.05) is 18.3 Å². The Morgan fingerprint density at radius 2 is 2.14 bits per heavy atom. The summed E-state index contributed by atoms with van der Waals surface area (Å²) in [5.74, 6) is 0. The van der Waals surface area contributed by atoms with E-state index >= 15 is 0 Å². The molecule has 0 aliphatic carbocycles. The third-order valence-electron chi connectivity index (χ3n) is 2.66. The highest BCUT2D eigenvalue weighted by atomic mass is 32.2. The Hall–Kier alpha value is 0.270. The average Bonchev–Trinajstić information content (AvgIpc) is 2.26. The maximum absolute atomic E-state index is 9.77. The first kappa shape index (κ1) is 12.3. The van der Waals surface area contributed by atoms with E-state index in [0.717, 1.165) is 24.9 Å². The van der Waals surface area contributed by atoms with Crippen LogP contribution in [0.4, 0.5) is 0 Å². The molecule has 0 spiro atoms. The summed E-state index contributed by atoms with van der Waals surface area (Å²) in [6.07, 6.45) is 6.16. The first-order valence-corrected chi connectivity index (χ1v) is 6.77. The zero-order valence-electron chi connectivity index (χ0n) is 9.62. The molecular formula is C11H23NOS. The van der Waals surface area contributed by atoms with Crippen LogP contribution in [-0.2, 0) is 0 Å². The smallest absolute Gasteiger partial charge is 0.0718 e. The van der Waals surface area contributed by atoms with Crippen LogP contribution in [0, 0.1) is 0 Å². The Bertz CT molecular complexity index is 167. The minimum atomic E-state index is -0.548. The third kappa shape index (κ3) is 4.67. The van der Waals surface area contributed by atoms with Gasteiger partial charge < -0.3 is 5.11 Å². The van der Waals surface area contributed by atoms with Crippen LogP contribution in [0.25, 0.3) is 0 Å². The average molecular weight is 217 g/mol. The van der Waals surface area contributed by atoms with Gasteiger partial charge in [-0.2, -0.15) is 11.8 Å². The Labute approximate surface area is 92.1 Å². The third-order valence-corrected chi connectivity index (χ3v) is 3.71. The largest absolute Gasteiger partial charge is 0.389 e. The summed E-state index contributed by atoms with van der Waals surface area (Å²) >= 11 is 1.97. The SMILES string of the molecule is CSC1CCCCN(CC(C)(C)O)C1. The number of thioether (sulfide) groups is 1. The fourth-order valence-corrected chi connectivity index (χ4v) is 2.82. The van der Waals surface area contributed by atoms with Gasteiger partial charge >= 0.3 is 0 Å². The van der Waals surface area contributed by atoms with Crippen LogP contribution < -0.4 is 0 Å². The fraction of sp³-hybridized carbons (Fsp3) is 1.00. The van der Waals surface area contributed by atoms with E-state index < -0.39 is 5.60 Å². The molecule has 1 aliphatic heterocycles. The lowest BCUT2D eigenvalue weighted by Crippen LogP contribution is -2.41. The molecule has 84 valence electrons. The molecule has 3 heteroatoms. The van der Waals surface area contributed by atoms with Crippen molar-refractivity contribution >= 4 is 11.8 Å². The van der Waals surface area contributed by atoms with Crippen LogP contribution in [0.15, 0.2) is 0 Å². The number of nitrogens with zero attached hydrogens (tertiary/aromatic N) is 1. The first-order chi connectivity index (χ1) is 6.51. The van der Waals surface area contributed by atoms with Crippen LogP contribution >= 0.6 is 11.8 Å². The molecule has 1 saturated heterocycles. The van der Waals surface area contributed by atoms with Crippen molar-refractivity contribution in [2.75, 3.05) is 25.9 Å². The molecule has 0 amide bonds. The minimum absolute atomic E-state index is 0.548. The molecular weight excluding hydrogens is 194 g/mol. The predicted octanol–water partition coefficient (Wildman–Crippen LogP) is 1.97. The Kier molecular flexibility index (Phi) is 4.74. The minimum Gasteiger partial charge on any atom is -0.389 e. The molecule has 1 N–H and O–H groups in total. The van der Waals surface area contributed by atoms with Crippen LogP contribution in [0.5, 0.6) is 0 Å². The van der Waals surface area contributed by atoms with Crippen molar-refractivity contribution in [3.05, 3.63) is 0 Å². The van der Waals surface area contributed by atoms with Gasteiger partial charge in [-0.25, -0.2) is 0 Å². The van der Waals surface area contributed by atoms with E-state index in [4.69, 9.17) is 0 Å². The van der Waals surface area contributed by atoms with Gasteiger partial charge in [-0.15, -0.1) is 0 Å². The molecule has 1 aliphatic rings. The highest BCUT2D eigenvalue weighted by molar-refractivity contribution is 7.99. The molecule has 1 rings (SSSR count). The first-order valence-electron chi connectivity index (χ1n) is 5.49. The van der Waals surface area contributed by atoms with Crippen molar-refractivity contribution in [1.29, 1.82) is 0 Å². The second-order valence-electron chi connectivity index (χ2n) is 4.90. The van der Waals surface area contributed by atoms with Crippen LogP contribution in [0.2, 0.25) is 0 Å². The summed E-state index contributed by atoms with van der Waals surface area (Å²) in [4.78, 5) is 2.41. The van der Waals surface area contributed by atoms with Crippen molar-refractivity contribution in [3.63, 3.8) is 0 Å².